The average Bonchev–Trinajstić information content (AvgIpc) is 2.86. The summed E-state index contributed by atoms with van der Waals surface area (Å²) in [6, 6.07) is 19.0. The second kappa shape index (κ2) is 10.5. The van der Waals surface area contributed by atoms with Gasteiger partial charge in [-0.05, 0) is 35.9 Å². The van der Waals surface area contributed by atoms with Crippen LogP contribution in [0.4, 0.5) is 5.69 Å². The van der Waals surface area contributed by atoms with E-state index in [9.17, 15) is 9.59 Å². The number of aromatic amines is 1. The Labute approximate surface area is 210 Å². The van der Waals surface area contributed by atoms with Gasteiger partial charge in [0.2, 0.25) is 0 Å². The molecule has 0 bridgehead atoms. The van der Waals surface area contributed by atoms with Gasteiger partial charge in [-0.25, -0.2) is 4.98 Å². The summed E-state index contributed by atoms with van der Waals surface area (Å²) < 4.78 is 0. The van der Waals surface area contributed by atoms with Gasteiger partial charge in [0.25, 0.3) is 11.5 Å². The molecule has 0 spiro atoms. The Morgan fingerprint density at radius 3 is 2.46 bits per heavy atom. The van der Waals surface area contributed by atoms with Crippen LogP contribution in [0, 0.1) is 10.8 Å². The summed E-state index contributed by atoms with van der Waals surface area (Å²) in [4.78, 5) is 34.4. The van der Waals surface area contributed by atoms with E-state index < -0.39 is 11.8 Å². The Kier molecular flexibility index (Phi) is 7.24. The molecule has 176 valence electrons. The van der Waals surface area contributed by atoms with Gasteiger partial charge in [0.1, 0.15) is 5.82 Å². The van der Waals surface area contributed by atoms with Crippen LogP contribution in [0.1, 0.15) is 27.7 Å². The first kappa shape index (κ1) is 24.1. The lowest BCUT2D eigenvalue weighted by atomic mass is 9.97. The van der Waals surface area contributed by atoms with Crippen LogP contribution in [0.3, 0.4) is 0 Å². The number of carbonyl (C=O) groups is 1. The number of nitrogens with zero attached hydrogens (tertiary/aromatic N) is 2. The molecule has 10 heteroatoms. The van der Waals surface area contributed by atoms with E-state index >= 15 is 0 Å². The van der Waals surface area contributed by atoms with Gasteiger partial charge in [-0.1, -0.05) is 59.6 Å². The first-order chi connectivity index (χ1) is 16.9. The normalized spacial score (nSPS) is 11.6. The molecule has 0 radical (unpaired) electrons. The second-order valence-electron chi connectivity index (χ2n) is 7.59. The number of hydrogen-bond donors (Lipinski definition) is 4. The van der Waals surface area contributed by atoms with Crippen LogP contribution in [-0.4, -0.2) is 35.1 Å². The van der Waals surface area contributed by atoms with Gasteiger partial charge in [-0.3, -0.25) is 25.3 Å². The molecule has 1 aromatic heterocycles. The maximum Gasteiger partial charge on any atom is 0.258 e. The van der Waals surface area contributed by atoms with E-state index in [-0.39, 0.29) is 22.7 Å². The highest BCUT2D eigenvalue weighted by Crippen LogP contribution is 2.26. The van der Waals surface area contributed by atoms with Crippen LogP contribution in [0.25, 0.3) is 10.9 Å². The fourth-order valence-electron chi connectivity index (χ4n) is 3.69. The summed E-state index contributed by atoms with van der Waals surface area (Å²) in [7, 11) is 0. The molecule has 4 N–H and O–H groups in total. The summed E-state index contributed by atoms with van der Waals surface area (Å²) >= 11 is 12.6. The zero-order valence-electron chi connectivity index (χ0n) is 18.3. The quantitative estimate of drug-likeness (QED) is 0.202. The first-order valence-electron chi connectivity index (χ1n) is 10.5. The summed E-state index contributed by atoms with van der Waals surface area (Å²) in [5.74, 6) is -0.506. The van der Waals surface area contributed by atoms with Crippen molar-refractivity contribution in [1.82, 2.24) is 15.3 Å². The third-order valence-electron chi connectivity index (χ3n) is 5.48. The van der Waals surface area contributed by atoms with Crippen molar-refractivity contribution in [2.24, 2.45) is 0 Å². The number of fused-ring (bicyclic) bond motifs is 1. The van der Waals surface area contributed by atoms with Crippen LogP contribution < -0.4 is 15.8 Å². The third kappa shape index (κ3) is 5.08. The van der Waals surface area contributed by atoms with Crippen LogP contribution in [-0.2, 0) is 0 Å². The Morgan fingerprint density at radius 1 is 1.03 bits per heavy atom. The van der Waals surface area contributed by atoms with Gasteiger partial charge < -0.3 is 10.3 Å². The predicted molar refractivity (Wildman–Crippen MR) is 139 cm³/mol. The van der Waals surface area contributed by atoms with Crippen molar-refractivity contribution in [2.75, 3.05) is 11.4 Å². The molecule has 3 aromatic carbocycles. The maximum absolute atomic E-state index is 13.0. The van der Waals surface area contributed by atoms with Gasteiger partial charge in [0.05, 0.1) is 45.1 Å². The molecule has 35 heavy (non-hydrogen) atoms. The minimum Gasteiger partial charge on any atom is -0.351 e. The molecular weight excluding hydrogens is 487 g/mol. The minimum atomic E-state index is -0.460. The van der Waals surface area contributed by atoms with Gasteiger partial charge in [-0.2, -0.15) is 0 Å². The van der Waals surface area contributed by atoms with Crippen molar-refractivity contribution < 1.29 is 4.79 Å². The predicted octanol–water partition coefficient (Wildman–Crippen LogP) is 4.81. The molecule has 8 nitrogen and oxygen atoms in total. The first-order valence-corrected chi connectivity index (χ1v) is 11.3. The average molecular weight is 507 g/mol. The Hall–Kier alpha value is -4.01. The fraction of sp³-hybridized carbons (Fsp3) is 0.0800. The number of carbonyl (C=O) groups excluding carboxylic acids is 1. The van der Waals surface area contributed by atoms with Crippen LogP contribution in [0.5, 0.6) is 0 Å². The largest absolute Gasteiger partial charge is 0.351 e. The van der Waals surface area contributed by atoms with Crippen molar-refractivity contribution in [3.05, 3.63) is 104 Å². The highest BCUT2D eigenvalue weighted by molar-refractivity contribution is 6.35. The number of anilines is 1. The molecule has 0 unspecified atom stereocenters. The highest BCUT2D eigenvalue weighted by atomic mass is 35.5. The molecule has 0 fully saturated rings. The van der Waals surface area contributed by atoms with Crippen LogP contribution in [0.2, 0.25) is 10.0 Å². The number of nitrogens with one attached hydrogen (secondary N) is 4. The van der Waals surface area contributed by atoms with Crippen molar-refractivity contribution in [1.29, 1.82) is 10.8 Å². The molecular formula is C25H20Cl2N6O2. The summed E-state index contributed by atoms with van der Waals surface area (Å²) in [5, 5.41) is 18.5. The van der Waals surface area contributed by atoms with Crippen molar-refractivity contribution in [3.63, 3.8) is 0 Å². The smallest absolute Gasteiger partial charge is 0.258 e. The SMILES string of the molecule is N=CN(C=N)c1ccc(C(=O)NC[C@@H](c2ccccc2)c2nc3c(Cl)cccc3c(=O)[nH]2)c(Cl)c1. The highest BCUT2D eigenvalue weighted by Gasteiger charge is 2.21. The number of rotatable bonds is 8. The van der Waals surface area contributed by atoms with Crippen molar-refractivity contribution in [2.45, 2.75) is 5.92 Å². The number of hydrogen-bond acceptors (Lipinski definition) is 5. The number of aromatic nitrogens is 2. The molecule has 0 aliphatic heterocycles. The zero-order chi connectivity index (χ0) is 24.9. The Bertz CT molecular complexity index is 1460. The van der Waals surface area contributed by atoms with E-state index in [1.54, 1.807) is 24.3 Å². The summed E-state index contributed by atoms with van der Waals surface area (Å²) in [6.07, 6.45) is 1.93. The van der Waals surface area contributed by atoms with E-state index in [1.165, 1.54) is 17.0 Å². The molecule has 0 aliphatic rings. The number of halogens is 2. The molecule has 0 aliphatic carbocycles. The maximum atomic E-state index is 13.0. The minimum absolute atomic E-state index is 0.132. The van der Waals surface area contributed by atoms with Crippen molar-refractivity contribution >= 4 is 58.4 Å². The number of H-pyrrole nitrogens is 1. The number of amides is 1. The zero-order valence-corrected chi connectivity index (χ0v) is 19.8. The fourth-order valence-corrected chi connectivity index (χ4v) is 4.17. The van der Waals surface area contributed by atoms with Gasteiger partial charge >= 0.3 is 0 Å². The third-order valence-corrected chi connectivity index (χ3v) is 6.10. The lowest BCUT2D eigenvalue weighted by Gasteiger charge is -2.19. The Morgan fingerprint density at radius 2 is 1.77 bits per heavy atom. The lowest BCUT2D eigenvalue weighted by molar-refractivity contribution is 0.0952. The molecule has 1 atom stereocenters. The molecule has 1 amide bonds. The number of benzene rings is 3. The number of para-hydroxylation sites is 1. The molecule has 1 heterocycles. The lowest BCUT2D eigenvalue weighted by Crippen LogP contribution is -2.31. The molecule has 4 rings (SSSR count). The van der Waals surface area contributed by atoms with Crippen LogP contribution >= 0.6 is 23.2 Å². The van der Waals surface area contributed by atoms with E-state index in [0.29, 0.717) is 27.4 Å². The van der Waals surface area contributed by atoms with E-state index in [0.717, 1.165) is 18.2 Å². The van der Waals surface area contributed by atoms with Gasteiger partial charge in [0.15, 0.2) is 0 Å². The van der Waals surface area contributed by atoms with E-state index in [1.807, 2.05) is 30.3 Å². The van der Waals surface area contributed by atoms with Gasteiger partial charge in [-0.15, -0.1) is 0 Å². The summed E-state index contributed by atoms with van der Waals surface area (Å²) in [6.45, 7) is 0.132. The van der Waals surface area contributed by atoms with Crippen LogP contribution in [0.15, 0.2) is 71.5 Å². The van der Waals surface area contributed by atoms with E-state index in [4.69, 9.17) is 34.0 Å². The second-order valence-corrected chi connectivity index (χ2v) is 8.40. The Balaban J connectivity index is 1.65. The van der Waals surface area contributed by atoms with Gasteiger partial charge in [0, 0.05) is 12.2 Å². The molecule has 4 aromatic rings. The van der Waals surface area contributed by atoms with E-state index in [2.05, 4.69) is 15.3 Å². The molecule has 0 saturated carbocycles. The monoisotopic (exact) mass is 506 g/mol. The standard InChI is InChI=1S/C25H20Cl2N6O2/c26-20-8-4-7-18-22(20)31-23(32-25(18)35)19(15-5-2-1-3-6-15)12-30-24(34)17-10-9-16(11-21(17)27)33(13-28)14-29/h1-11,13-14,19,28-29H,12H2,(H,30,34)(H,31,32,35)/t19-/m0/s1. The van der Waals surface area contributed by atoms with Crippen molar-refractivity contribution in [3.8, 4) is 0 Å². The summed E-state index contributed by atoms with van der Waals surface area (Å²) in [5.41, 5.74) is 1.63. The molecule has 0 saturated heterocycles. The topological polar surface area (TPSA) is 126 Å².